The normalized spacial score (nSPS) is 11.4. The van der Waals surface area contributed by atoms with E-state index >= 15 is 0 Å². The second kappa shape index (κ2) is 11.0. The highest BCUT2D eigenvalue weighted by atomic mass is 35.5. The number of anilines is 2. The largest absolute Gasteiger partial charge is 0.477 e. The second-order valence-corrected chi connectivity index (χ2v) is 7.96. The number of pyridine rings is 1. The van der Waals surface area contributed by atoms with Crippen molar-refractivity contribution in [3.8, 4) is 22.8 Å². The van der Waals surface area contributed by atoms with Gasteiger partial charge in [-0.25, -0.2) is 23.8 Å². The minimum atomic E-state index is -4.72. The van der Waals surface area contributed by atoms with Gasteiger partial charge in [0.1, 0.15) is 18.0 Å². The molecular weight excluding hydrogens is 536 g/mol. The third-order valence-electron chi connectivity index (χ3n) is 4.96. The summed E-state index contributed by atoms with van der Waals surface area (Å²) < 4.78 is 64.3. The predicted molar refractivity (Wildman–Crippen MR) is 126 cm³/mol. The Labute approximate surface area is 216 Å². The lowest BCUT2D eigenvalue weighted by Crippen LogP contribution is -2.11. The highest BCUT2D eigenvalue weighted by Crippen LogP contribution is 2.32. The molecule has 1 aromatic carbocycles. The van der Waals surface area contributed by atoms with Crippen molar-refractivity contribution in [3.63, 3.8) is 0 Å². The number of nitrogens with zero attached hydrogens (tertiary/aromatic N) is 5. The van der Waals surface area contributed by atoms with Gasteiger partial charge >= 0.3 is 12.1 Å². The molecular formula is C23H17ClF4N6O4. The molecule has 0 spiro atoms. The Kier molecular flexibility index (Phi) is 7.73. The zero-order valence-electron chi connectivity index (χ0n) is 19.3. The number of methoxy groups -OCH3 is 1. The van der Waals surface area contributed by atoms with Crippen LogP contribution in [0.4, 0.5) is 29.2 Å². The minimum Gasteiger partial charge on any atom is -0.477 e. The summed E-state index contributed by atoms with van der Waals surface area (Å²) in [6, 6.07) is 5.72. The molecule has 4 rings (SSSR count). The maximum absolute atomic E-state index is 13.5. The van der Waals surface area contributed by atoms with Crippen molar-refractivity contribution in [2.75, 3.05) is 25.6 Å². The number of carboxylic acid groups (broad SMARTS) is 1. The molecule has 0 aliphatic carbocycles. The fourth-order valence-electron chi connectivity index (χ4n) is 3.20. The summed E-state index contributed by atoms with van der Waals surface area (Å²) in [5.74, 6) is -2.38. The Morgan fingerprint density at radius 2 is 1.95 bits per heavy atom. The number of benzene rings is 1. The van der Waals surface area contributed by atoms with Crippen LogP contribution in [0.3, 0.4) is 0 Å². The van der Waals surface area contributed by atoms with Gasteiger partial charge < -0.3 is 19.9 Å². The lowest BCUT2D eigenvalue weighted by Gasteiger charge is -2.13. The summed E-state index contributed by atoms with van der Waals surface area (Å²) in [5.41, 5.74) is -0.892. The maximum Gasteiger partial charge on any atom is 0.435 e. The van der Waals surface area contributed by atoms with E-state index in [4.69, 9.17) is 21.1 Å². The molecule has 198 valence electrons. The summed E-state index contributed by atoms with van der Waals surface area (Å²) in [6.07, 6.45) is -1.17. The SMILES string of the molecule is COCCOc1ncc(-c2cnc(Nc3ccc(F)c(Cl)c3)nc2-n2ccc(C(F)(F)F)n2)cc1C(=O)O. The first-order valence-electron chi connectivity index (χ1n) is 10.6. The van der Waals surface area contributed by atoms with Crippen LogP contribution in [0.2, 0.25) is 5.02 Å². The zero-order valence-corrected chi connectivity index (χ0v) is 20.1. The summed E-state index contributed by atoms with van der Waals surface area (Å²) >= 11 is 5.80. The molecule has 3 aromatic heterocycles. The van der Waals surface area contributed by atoms with Crippen molar-refractivity contribution in [1.29, 1.82) is 0 Å². The highest BCUT2D eigenvalue weighted by molar-refractivity contribution is 6.31. The van der Waals surface area contributed by atoms with Gasteiger partial charge in [-0.05, 0) is 30.3 Å². The first kappa shape index (κ1) is 26.8. The number of ether oxygens (including phenoxy) is 2. The van der Waals surface area contributed by atoms with Gasteiger partial charge in [0.15, 0.2) is 11.5 Å². The number of rotatable bonds is 9. The molecule has 0 bridgehead atoms. The third kappa shape index (κ3) is 5.98. The number of carbonyl (C=O) groups is 1. The minimum absolute atomic E-state index is 0.0404. The van der Waals surface area contributed by atoms with Crippen molar-refractivity contribution in [3.05, 3.63) is 71.0 Å². The molecule has 15 heteroatoms. The van der Waals surface area contributed by atoms with Gasteiger partial charge in [0.25, 0.3) is 0 Å². The molecule has 4 aromatic rings. The monoisotopic (exact) mass is 552 g/mol. The molecule has 0 unspecified atom stereocenters. The van der Waals surface area contributed by atoms with Crippen molar-refractivity contribution in [1.82, 2.24) is 24.7 Å². The van der Waals surface area contributed by atoms with Crippen molar-refractivity contribution >= 4 is 29.2 Å². The highest BCUT2D eigenvalue weighted by Gasteiger charge is 2.34. The molecule has 0 aliphatic heterocycles. The van der Waals surface area contributed by atoms with E-state index in [1.165, 1.54) is 37.7 Å². The topological polar surface area (TPSA) is 124 Å². The number of hydrogen-bond acceptors (Lipinski definition) is 8. The van der Waals surface area contributed by atoms with Crippen LogP contribution in [0.25, 0.3) is 16.9 Å². The van der Waals surface area contributed by atoms with E-state index in [-0.39, 0.29) is 52.6 Å². The van der Waals surface area contributed by atoms with Crippen LogP contribution in [0.1, 0.15) is 16.1 Å². The first-order chi connectivity index (χ1) is 18.1. The van der Waals surface area contributed by atoms with E-state index in [0.29, 0.717) is 5.69 Å². The van der Waals surface area contributed by atoms with Gasteiger partial charge in [-0.3, -0.25) is 0 Å². The maximum atomic E-state index is 13.5. The predicted octanol–water partition coefficient (Wildman–Crippen LogP) is 5.00. The summed E-state index contributed by atoms with van der Waals surface area (Å²) in [4.78, 5) is 24.3. The Balaban J connectivity index is 1.80. The van der Waals surface area contributed by atoms with Crippen molar-refractivity contribution < 1.29 is 36.9 Å². The molecule has 38 heavy (non-hydrogen) atoms. The number of nitrogens with one attached hydrogen (secondary N) is 1. The van der Waals surface area contributed by atoms with Gasteiger partial charge in [-0.2, -0.15) is 23.3 Å². The molecule has 0 radical (unpaired) electrons. The molecule has 0 fully saturated rings. The summed E-state index contributed by atoms with van der Waals surface area (Å²) in [7, 11) is 1.45. The molecule has 0 saturated heterocycles. The lowest BCUT2D eigenvalue weighted by molar-refractivity contribution is -0.141. The fraction of sp³-hybridized carbons (Fsp3) is 0.174. The number of aromatic carboxylic acids is 1. The van der Waals surface area contributed by atoms with Crippen LogP contribution in [0.15, 0.2) is 48.9 Å². The molecule has 3 heterocycles. The summed E-state index contributed by atoms with van der Waals surface area (Å²) in [6.45, 7) is 0.230. The Hall–Kier alpha value is -4.30. The Morgan fingerprint density at radius 3 is 2.61 bits per heavy atom. The number of hydrogen-bond donors (Lipinski definition) is 2. The number of halogens is 5. The Bertz CT molecular complexity index is 1480. The van der Waals surface area contributed by atoms with E-state index in [2.05, 4.69) is 25.4 Å². The molecule has 0 amide bonds. The molecule has 0 atom stereocenters. The van der Waals surface area contributed by atoms with E-state index in [1.54, 1.807) is 0 Å². The Morgan fingerprint density at radius 1 is 1.16 bits per heavy atom. The van der Waals surface area contributed by atoms with E-state index in [1.807, 2.05) is 0 Å². The molecule has 0 saturated carbocycles. The average molecular weight is 553 g/mol. The number of aromatic nitrogens is 5. The zero-order chi connectivity index (χ0) is 27.4. The molecule has 0 aliphatic rings. The van der Waals surface area contributed by atoms with Crippen LogP contribution in [-0.4, -0.2) is 56.1 Å². The van der Waals surface area contributed by atoms with Crippen LogP contribution in [0, 0.1) is 5.82 Å². The average Bonchev–Trinajstić information content (AvgIpc) is 3.38. The van der Waals surface area contributed by atoms with Crippen LogP contribution >= 0.6 is 11.6 Å². The van der Waals surface area contributed by atoms with E-state index < -0.39 is 23.7 Å². The quantitative estimate of drug-likeness (QED) is 0.218. The van der Waals surface area contributed by atoms with Crippen LogP contribution in [-0.2, 0) is 10.9 Å². The third-order valence-corrected chi connectivity index (χ3v) is 5.25. The van der Waals surface area contributed by atoms with Crippen LogP contribution < -0.4 is 10.1 Å². The fourth-order valence-corrected chi connectivity index (χ4v) is 3.38. The van der Waals surface area contributed by atoms with Crippen molar-refractivity contribution in [2.24, 2.45) is 0 Å². The second-order valence-electron chi connectivity index (χ2n) is 7.55. The van der Waals surface area contributed by atoms with Gasteiger partial charge in [0, 0.05) is 42.5 Å². The van der Waals surface area contributed by atoms with E-state index in [9.17, 15) is 27.5 Å². The van der Waals surface area contributed by atoms with Gasteiger partial charge in [-0.15, -0.1) is 0 Å². The molecule has 10 nitrogen and oxygen atoms in total. The van der Waals surface area contributed by atoms with Gasteiger partial charge in [0.05, 0.1) is 11.6 Å². The van der Waals surface area contributed by atoms with Gasteiger partial charge in [-0.1, -0.05) is 11.6 Å². The first-order valence-corrected chi connectivity index (χ1v) is 11.0. The standard InChI is InChI=1S/C23H17ClF4N6O4/c1-37-6-7-38-20-14(21(35)36)8-12(10-29-20)15-11-30-22(31-13-2-3-17(25)16(24)9-13)32-19(15)34-5-4-18(33-34)23(26,27)28/h2-5,8-11H,6-7H2,1H3,(H,35,36)(H,30,31,32). The lowest BCUT2D eigenvalue weighted by atomic mass is 10.1. The van der Waals surface area contributed by atoms with Gasteiger partial charge in [0.2, 0.25) is 11.8 Å². The van der Waals surface area contributed by atoms with Crippen molar-refractivity contribution in [2.45, 2.75) is 6.18 Å². The molecule has 2 N–H and O–H groups in total. The van der Waals surface area contributed by atoms with E-state index in [0.717, 1.165) is 23.0 Å². The summed E-state index contributed by atoms with van der Waals surface area (Å²) in [5, 5.41) is 15.8. The number of carboxylic acids is 1. The number of alkyl halides is 3. The smallest absolute Gasteiger partial charge is 0.435 e. The van der Waals surface area contributed by atoms with Crippen LogP contribution in [0.5, 0.6) is 5.88 Å².